The zero-order valence-electron chi connectivity index (χ0n) is 9.43. The van der Waals surface area contributed by atoms with Crippen LogP contribution in [0.5, 0.6) is 0 Å². The molecule has 1 fully saturated rings. The topological polar surface area (TPSA) is 80.7 Å². The molecule has 1 aliphatic carbocycles. The van der Waals surface area contributed by atoms with E-state index in [9.17, 15) is 14.4 Å². The normalized spacial score (nSPS) is 29.5. The van der Waals surface area contributed by atoms with Crippen molar-refractivity contribution in [2.45, 2.75) is 26.2 Å². The van der Waals surface area contributed by atoms with E-state index in [4.69, 9.17) is 5.11 Å². The van der Waals surface area contributed by atoms with Crippen molar-refractivity contribution in [3.05, 3.63) is 0 Å². The standard InChI is InChI=1S/C11H16O5/c1-6(12)7-3-4-8(11(15)16-2)9(5-7)10(13)14/h7-9H,3-5H2,1-2H3,(H,13,14). The number of carbonyl (C=O) groups excluding carboxylic acids is 2. The van der Waals surface area contributed by atoms with E-state index >= 15 is 0 Å². The molecule has 1 N–H and O–H groups in total. The van der Waals surface area contributed by atoms with Gasteiger partial charge in [0.05, 0.1) is 18.9 Å². The number of ether oxygens (including phenoxy) is 1. The number of hydrogen-bond donors (Lipinski definition) is 1. The van der Waals surface area contributed by atoms with Crippen molar-refractivity contribution in [2.24, 2.45) is 17.8 Å². The molecular weight excluding hydrogens is 212 g/mol. The first-order valence-corrected chi connectivity index (χ1v) is 5.28. The van der Waals surface area contributed by atoms with Gasteiger partial charge in [0, 0.05) is 5.92 Å². The van der Waals surface area contributed by atoms with Crippen LogP contribution in [-0.4, -0.2) is 29.9 Å². The minimum Gasteiger partial charge on any atom is -0.481 e. The number of ketones is 1. The maximum atomic E-state index is 11.4. The van der Waals surface area contributed by atoms with Crippen LogP contribution in [0.2, 0.25) is 0 Å². The second kappa shape index (κ2) is 5.09. The lowest BCUT2D eigenvalue weighted by molar-refractivity contribution is -0.159. The van der Waals surface area contributed by atoms with Gasteiger partial charge in [0.15, 0.2) is 0 Å². The summed E-state index contributed by atoms with van der Waals surface area (Å²) in [6, 6.07) is 0. The van der Waals surface area contributed by atoms with Crippen molar-refractivity contribution in [1.29, 1.82) is 0 Å². The molecule has 0 spiro atoms. The van der Waals surface area contributed by atoms with Crippen LogP contribution in [0, 0.1) is 17.8 Å². The van der Waals surface area contributed by atoms with E-state index in [2.05, 4.69) is 4.74 Å². The van der Waals surface area contributed by atoms with Gasteiger partial charge in [-0.3, -0.25) is 14.4 Å². The van der Waals surface area contributed by atoms with Crippen LogP contribution in [0.15, 0.2) is 0 Å². The number of esters is 1. The van der Waals surface area contributed by atoms with Gasteiger partial charge in [-0.15, -0.1) is 0 Å². The summed E-state index contributed by atoms with van der Waals surface area (Å²) in [5.74, 6) is -3.17. The number of rotatable bonds is 3. The van der Waals surface area contributed by atoms with Crippen LogP contribution < -0.4 is 0 Å². The Morgan fingerprint density at radius 1 is 1.19 bits per heavy atom. The first-order chi connectivity index (χ1) is 7.47. The first kappa shape index (κ1) is 12.7. The molecule has 3 atom stereocenters. The van der Waals surface area contributed by atoms with E-state index in [1.165, 1.54) is 14.0 Å². The van der Waals surface area contributed by atoms with Crippen molar-refractivity contribution in [1.82, 2.24) is 0 Å². The van der Waals surface area contributed by atoms with Crippen molar-refractivity contribution in [2.75, 3.05) is 7.11 Å². The average molecular weight is 228 g/mol. The van der Waals surface area contributed by atoms with Crippen LogP contribution in [0.4, 0.5) is 0 Å². The van der Waals surface area contributed by atoms with Gasteiger partial charge in [0.2, 0.25) is 0 Å². The minimum atomic E-state index is -1.03. The summed E-state index contributed by atoms with van der Waals surface area (Å²) in [4.78, 5) is 33.6. The minimum absolute atomic E-state index is 0.00503. The SMILES string of the molecule is COC(=O)C1CCC(C(C)=O)CC1C(=O)O. The molecule has 0 aliphatic heterocycles. The summed E-state index contributed by atoms with van der Waals surface area (Å²) < 4.78 is 4.58. The van der Waals surface area contributed by atoms with E-state index < -0.39 is 23.8 Å². The fourth-order valence-corrected chi connectivity index (χ4v) is 2.25. The summed E-state index contributed by atoms with van der Waals surface area (Å²) in [5, 5.41) is 9.03. The van der Waals surface area contributed by atoms with E-state index in [0.717, 1.165) is 0 Å². The van der Waals surface area contributed by atoms with Crippen molar-refractivity contribution in [3.63, 3.8) is 0 Å². The van der Waals surface area contributed by atoms with Crippen molar-refractivity contribution in [3.8, 4) is 0 Å². The lowest BCUT2D eigenvalue weighted by Crippen LogP contribution is -2.37. The van der Waals surface area contributed by atoms with Gasteiger partial charge in [-0.2, -0.15) is 0 Å². The number of Topliss-reactive ketones (excluding diaryl/α,β-unsaturated/α-hetero) is 1. The molecule has 5 heteroatoms. The predicted octanol–water partition coefficient (Wildman–Crippen LogP) is 0.866. The molecule has 1 saturated carbocycles. The smallest absolute Gasteiger partial charge is 0.309 e. The molecule has 0 heterocycles. The van der Waals surface area contributed by atoms with Gasteiger partial charge in [-0.1, -0.05) is 0 Å². The molecule has 0 amide bonds. The van der Waals surface area contributed by atoms with Crippen LogP contribution in [0.1, 0.15) is 26.2 Å². The summed E-state index contributed by atoms with van der Waals surface area (Å²) in [5.41, 5.74) is 0. The Balaban J connectivity index is 2.79. The highest BCUT2D eigenvalue weighted by atomic mass is 16.5. The molecule has 0 saturated heterocycles. The molecule has 3 unspecified atom stereocenters. The number of aliphatic carboxylic acids is 1. The highest BCUT2D eigenvalue weighted by Crippen LogP contribution is 2.35. The van der Waals surface area contributed by atoms with Crippen LogP contribution in [-0.2, 0) is 19.1 Å². The molecule has 0 aromatic rings. The fraction of sp³-hybridized carbons (Fsp3) is 0.727. The fourth-order valence-electron chi connectivity index (χ4n) is 2.25. The summed E-state index contributed by atoms with van der Waals surface area (Å²) in [6.07, 6.45) is 1.22. The van der Waals surface area contributed by atoms with Gasteiger partial charge in [-0.25, -0.2) is 0 Å². The number of hydrogen-bond acceptors (Lipinski definition) is 4. The summed E-state index contributed by atoms with van der Waals surface area (Å²) in [6.45, 7) is 1.46. The lowest BCUT2D eigenvalue weighted by atomic mass is 9.73. The number of carboxylic acids is 1. The number of carbonyl (C=O) groups is 3. The van der Waals surface area contributed by atoms with E-state index in [-0.39, 0.29) is 18.1 Å². The Morgan fingerprint density at radius 2 is 1.81 bits per heavy atom. The predicted molar refractivity (Wildman–Crippen MR) is 54.7 cm³/mol. The van der Waals surface area contributed by atoms with Gasteiger partial charge >= 0.3 is 11.9 Å². The maximum absolute atomic E-state index is 11.4. The molecule has 0 aromatic carbocycles. The third-order valence-electron chi connectivity index (χ3n) is 3.25. The molecule has 0 aromatic heterocycles. The second-order valence-corrected chi connectivity index (χ2v) is 4.20. The Morgan fingerprint density at radius 3 is 2.25 bits per heavy atom. The summed E-state index contributed by atoms with van der Waals surface area (Å²) >= 11 is 0. The van der Waals surface area contributed by atoms with Crippen LogP contribution in [0.3, 0.4) is 0 Å². The highest BCUT2D eigenvalue weighted by molar-refractivity contribution is 5.84. The van der Waals surface area contributed by atoms with Crippen LogP contribution in [0.25, 0.3) is 0 Å². The van der Waals surface area contributed by atoms with E-state index in [1.54, 1.807) is 0 Å². The molecular formula is C11H16O5. The maximum Gasteiger partial charge on any atom is 0.309 e. The summed E-state index contributed by atoms with van der Waals surface area (Å²) in [7, 11) is 1.25. The van der Waals surface area contributed by atoms with Crippen molar-refractivity contribution < 1.29 is 24.2 Å². The van der Waals surface area contributed by atoms with Crippen LogP contribution >= 0.6 is 0 Å². The lowest BCUT2D eigenvalue weighted by Gasteiger charge is -2.30. The van der Waals surface area contributed by atoms with E-state index in [0.29, 0.717) is 12.8 Å². The third-order valence-corrected chi connectivity index (χ3v) is 3.25. The third kappa shape index (κ3) is 2.59. The molecule has 1 rings (SSSR count). The second-order valence-electron chi connectivity index (χ2n) is 4.20. The number of methoxy groups -OCH3 is 1. The number of carboxylic acid groups (broad SMARTS) is 1. The van der Waals surface area contributed by atoms with Gasteiger partial charge in [-0.05, 0) is 26.2 Å². The Labute approximate surface area is 93.8 Å². The molecule has 1 aliphatic rings. The van der Waals surface area contributed by atoms with Crippen molar-refractivity contribution >= 4 is 17.7 Å². The molecule has 0 bridgehead atoms. The largest absolute Gasteiger partial charge is 0.481 e. The first-order valence-electron chi connectivity index (χ1n) is 5.28. The van der Waals surface area contributed by atoms with Gasteiger partial charge in [0.1, 0.15) is 5.78 Å². The van der Waals surface area contributed by atoms with E-state index in [1.807, 2.05) is 0 Å². The zero-order valence-corrected chi connectivity index (χ0v) is 9.43. The Bertz CT molecular complexity index is 309. The van der Waals surface area contributed by atoms with Gasteiger partial charge < -0.3 is 9.84 Å². The van der Waals surface area contributed by atoms with Gasteiger partial charge in [0.25, 0.3) is 0 Å². The Hall–Kier alpha value is -1.39. The highest BCUT2D eigenvalue weighted by Gasteiger charge is 2.41. The molecule has 16 heavy (non-hydrogen) atoms. The Kier molecular flexibility index (Phi) is 4.04. The monoisotopic (exact) mass is 228 g/mol. The average Bonchev–Trinajstić information content (AvgIpc) is 2.26. The zero-order chi connectivity index (χ0) is 12.3. The quantitative estimate of drug-likeness (QED) is 0.725. The molecule has 0 radical (unpaired) electrons. The molecule has 90 valence electrons. The molecule has 5 nitrogen and oxygen atoms in total.